The van der Waals surface area contributed by atoms with Gasteiger partial charge in [0.15, 0.2) is 5.82 Å². The summed E-state index contributed by atoms with van der Waals surface area (Å²) in [5, 5.41) is 2.65. The van der Waals surface area contributed by atoms with E-state index in [2.05, 4.69) is 15.2 Å². The molecule has 5 heteroatoms. The minimum atomic E-state index is -0.138. The maximum absolute atomic E-state index is 11.9. The summed E-state index contributed by atoms with van der Waals surface area (Å²) in [5.41, 5.74) is 1.88. The van der Waals surface area contributed by atoms with Crippen molar-refractivity contribution in [3.05, 3.63) is 30.1 Å². The average molecular weight is 260 g/mol. The Morgan fingerprint density at radius 2 is 2.11 bits per heavy atom. The van der Waals surface area contributed by atoms with Gasteiger partial charge < -0.3 is 14.8 Å². The van der Waals surface area contributed by atoms with Crippen LogP contribution in [-0.2, 0) is 6.54 Å². The molecule has 102 valence electrons. The minimum absolute atomic E-state index is 0.138. The molecule has 0 radical (unpaired) electrons. The van der Waals surface area contributed by atoms with Gasteiger partial charge in [-0.15, -0.1) is 0 Å². The van der Waals surface area contributed by atoms with Crippen molar-refractivity contribution in [2.45, 2.75) is 13.0 Å². The van der Waals surface area contributed by atoms with Gasteiger partial charge in [-0.25, -0.2) is 4.98 Å². The van der Waals surface area contributed by atoms with Crippen LogP contribution in [0.1, 0.15) is 17.0 Å². The fourth-order valence-corrected chi connectivity index (χ4v) is 2.13. The topological polar surface area (TPSA) is 50.2 Å². The smallest absolute Gasteiger partial charge is 0.287 e. The molecule has 0 aliphatic heterocycles. The second-order valence-electron chi connectivity index (χ2n) is 4.81. The molecule has 0 saturated carbocycles. The number of aryl methyl sites for hydroxylation is 1. The Hall–Kier alpha value is -1.88. The van der Waals surface area contributed by atoms with Gasteiger partial charge in [0, 0.05) is 13.6 Å². The molecule has 0 aliphatic carbocycles. The molecule has 0 unspecified atom stereocenters. The van der Waals surface area contributed by atoms with Crippen LogP contribution in [0.5, 0.6) is 0 Å². The molecule has 2 aromatic rings. The highest BCUT2D eigenvalue weighted by atomic mass is 16.2. The van der Waals surface area contributed by atoms with E-state index >= 15 is 0 Å². The van der Waals surface area contributed by atoms with Crippen LogP contribution in [0.4, 0.5) is 0 Å². The van der Waals surface area contributed by atoms with Crippen molar-refractivity contribution in [2.24, 2.45) is 0 Å². The van der Waals surface area contributed by atoms with Gasteiger partial charge >= 0.3 is 0 Å². The zero-order valence-electron chi connectivity index (χ0n) is 11.7. The first-order valence-electron chi connectivity index (χ1n) is 6.45. The molecule has 0 spiro atoms. The van der Waals surface area contributed by atoms with Crippen molar-refractivity contribution in [2.75, 3.05) is 27.7 Å². The third kappa shape index (κ3) is 2.93. The number of rotatable bonds is 5. The van der Waals surface area contributed by atoms with E-state index in [0.29, 0.717) is 5.82 Å². The number of benzene rings is 1. The van der Waals surface area contributed by atoms with Crippen LogP contribution < -0.4 is 5.32 Å². The second-order valence-corrected chi connectivity index (χ2v) is 4.81. The SMILES string of the molecule is CNC(=O)c1nc2ccccc2n1CCCN(C)C. The van der Waals surface area contributed by atoms with Crippen molar-refractivity contribution in [1.82, 2.24) is 19.8 Å². The average Bonchev–Trinajstić information content (AvgIpc) is 2.77. The Bertz CT molecular complexity index is 574. The van der Waals surface area contributed by atoms with Gasteiger partial charge in [-0.05, 0) is 39.2 Å². The Morgan fingerprint density at radius 1 is 1.37 bits per heavy atom. The van der Waals surface area contributed by atoms with Crippen LogP contribution in [0.25, 0.3) is 11.0 Å². The molecule has 1 amide bonds. The number of carbonyl (C=O) groups excluding carboxylic acids is 1. The van der Waals surface area contributed by atoms with Gasteiger partial charge in [-0.2, -0.15) is 0 Å². The van der Waals surface area contributed by atoms with E-state index in [-0.39, 0.29) is 5.91 Å². The van der Waals surface area contributed by atoms with E-state index in [0.717, 1.165) is 30.5 Å². The molecule has 1 aromatic carbocycles. The summed E-state index contributed by atoms with van der Waals surface area (Å²) in [6.07, 6.45) is 0.983. The van der Waals surface area contributed by atoms with Gasteiger partial charge in [-0.1, -0.05) is 12.1 Å². The van der Waals surface area contributed by atoms with Crippen LogP contribution in [-0.4, -0.2) is 48.0 Å². The Labute approximate surface area is 113 Å². The van der Waals surface area contributed by atoms with Crippen molar-refractivity contribution in [1.29, 1.82) is 0 Å². The molecule has 1 heterocycles. The lowest BCUT2D eigenvalue weighted by Crippen LogP contribution is -2.23. The maximum atomic E-state index is 11.9. The highest BCUT2D eigenvalue weighted by Crippen LogP contribution is 2.16. The van der Waals surface area contributed by atoms with Crippen LogP contribution in [0.2, 0.25) is 0 Å². The van der Waals surface area contributed by atoms with E-state index in [1.807, 2.05) is 42.9 Å². The lowest BCUT2D eigenvalue weighted by Gasteiger charge is -2.11. The van der Waals surface area contributed by atoms with Crippen molar-refractivity contribution in [3.8, 4) is 0 Å². The number of hydrogen-bond donors (Lipinski definition) is 1. The summed E-state index contributed by atoms with van der Waals surface area (Å²) in [5.74, 6) is 0.350. The summed E-state index contributed by atoms with van der Waals surface area (Å²) in [6, 6.07) is 7.85. The number of amides is 1. The molecule has 5 nitrogen and oxygen atoms in total. The van der Waals surface area contributed by atoms with Gasteiger partial charge in [0.2, 0.25) is 0 Å². The normalized spacial score (nSPS) is 11.2. The molecule has 19 heavy (non-hydrogen) atoms. The molecule has 0 fully saturated rings. The molecular weight excluding hydrogens is 240 g/mol. The fraction of sp³-hybridized carbons (Fsp3) is 0.429. The monoisotopic (exact) mass is 260 g/mol. The molecule has 0 atom stereocenters. The Balaban J connectivity index is 2.34. The number of aromatic nitrogens is 2. The number of para-hydroxylation sites is 2. The van der Waals surface area contributed by atoms with Crippen LogP contribution in [0.15, 0.2) is 24.3 Å². The van der Waals surface area contributed by atoms with E-state index in [9.17, 15) is 4.79 Å². The van der Waals surface area contributed by atoms with Crippen molar-refractivity contribution in [3.63, 3.8) is 0 Å². The van der Waals surface area contributed by atoms with Crippen molar-refractivity contribution < 1.29 is 4.79 Å². The van der Waals surface area contributed by atoms with E-state index < -0.39 is 0 Å². The van der Waals surface area contributed by atoms with E-state index in [1.165, 1.54) is 0 Å². The predicted octanol–water partition coefficient (Wildman–Crippen LogP) is 1.35. The molecule has 1 N–H and O–H groups in total. The minimum Gasteiger partial charge on any atom is -0.352 e. The highest BCUT2D eigenvalue weighted by molar-refractivity contribution is 5.94. The van der Waals surface area contributed by atoms with Gasteiger partial charge in [-0.3, -0.25) is 4.79 Å². The summed E-state index contributed by atoms with van der Waals surface area (Å²) in [4.78, 5) is 18.5. The zero-order valence-corrected chi connectivity index (χ0v) is 11.7. The third-order valence-corrected chi connectivity index (χ3v) is 3.07. The predicted molar refractivity (Wildman–Crippen MR) is 76.3 cm³/mol. The molecule has 0 aliphatic rings. The largest absolute Gasteiger partial charge is 0.352 e. The van der Waals surface area contributed by atoms with Gasteiger partial charge in [0.25, 0.3) is 5.91 Å². The fourth-order valence-electron chi connectivity index (χ4n) is 2.13. The van der Waals surface area contributed by atoms with Crippen LogP contribution in [0, 0.1) is 0 Å². The van der Waals surface area contributed by atoms with E-state index in [1.54, 1.807) is 7.05 Å². The first-order valence-corrected chi connectivity index (χ1v) is 6.45. The number of nitrogens with one attached hydrogen (secondary N) is 1. The number of fused-ring (bicyclic) bond motifs is 1. The molecular formula is C14H20N4O. The molecule has 1 aromatic heterocycles. The van der Waals surface area contributed by atoms with Gasteiger partial charge in [0.1, 0.15) is 0 Å². The summed E-state index contributed by atoms with van der Waals surface area (Å²) >= 11 is 0. The summed E-state index contributed by atoms with van der Waals surface area (Å²) in [6.45, 7) is 1.78. The maximum Gasteiger partial charge on any atom is 0.287 e. The molecule has 2 rings (SSSR count). The second kappa shape index (κ2) is 5.84. The third-order valence-electron chi connectivity index (χ3n) is 3.07. The van der Waals surface area contributed by atoms with Gasteiger partial charge in [0.05, 0.1) is 11.0 Å². The number of carbonyl (C=O) groups is 1. The first kappa shape index (κ1) is 13.5. The summed E-state index contributed by atoms with van der Waals surface area (Å²) < 4.78 is 2.00. The number of nitrogens with zero attached hydrogens (tertiary/aromatic N) is 3. The Kier molecular flexibility index (Phi) is 4.16. The molecule has 0 bridgehead atoms. The summed E-state index contributed by atoms with van der Waals surface area (Å²) in [7, 11) is 5.73. The van der Waals surface area contributed by atoms with Crippen LogP contribution >= 0.6 is 0 Å². The Morgan fingerprint density at radius 3 is 2.79 bits per heavy atom. The van der Waals surface area contributed by atoms with E-state index in [4.69, 9.17) is 0 Å². The first-order chi connectivity index (χ1) is 9.13. The number of hydrogen-bond acceptors (Lipinski definition) is 3. The highest BCUT2D eigenvalue weighted by Gasteiger charge is 2.15. The lowest BCUT2D eigenvalue weighted by atomic mass is 10.3. The lowest BCUT2D eigenvalue weighted by molar-refractivity contribution is 0.0948. The quantitative estimate of drug-likeness (QED) is 0.883. The standard InChI is InChI=1S/C14H20N4O/c1-15-14(19)13-16-11-7-4-5-8-12(11)18(13)10-6-9-17(2)3/h4-5,7-8H,6,9-10H2,1-3H3,(H,15,19). The zero-order chi connectivity index (χ0) is 13.8. The number of imidazole rings is 1. The molecule has 0 saturated heterocycles. The van der Waals surface area contributed by atoms with Crippen molar-refractivity contribution >= 4 is 16.9 Å². The van der Waals surface area contributed by atoms with Crippen LogP contribution in [0.3, 0.4) is 0 Å².